The summed E-state index contributed by atoms with van der Waals surface area (Å²) in [6, 6.07) is 0.425. The minimum atomic E-state index is -0.0811. The lowest BCUT2D eigenvalue weighted by molar-refractivity contribution is 0.0520. The van der Waals surface area contributed by atoms with E-state index < -0.39 is 0 Å². The Morgan fingerprint density at radius 3 is 2.35 bits per heavy atom. The quantitative estimate of drug-likeness (QED) is 0.709. The van der Waals surface area contributed by atoms with Crippen molar-refractivity contribution in [3.05, 3.63) is 0 Å². The van der Waals surface area contributed by atoms with Crippen LogP contribution in [0.3, 0.4) is 0 Å². The van der Waals surface area contributed by atoms with Gasteiger partial charge in [-0.15, -0.1) is 0 Å². The summed E-state index contributed by atoms with van der Waals surface area (Å²) in [4.78, 5) is 2.54. The van der Waals surface area contributed by atoms with Crippen molar-refractivity contribution in [3.8, 4) is 0 Å². The summed E-state index contributed by atoms with van der Waals surface area (Å²) in [7, 11) is 1.79. The van der Waals surface area contributed by atoms with Gasteiger partial charge in [0.15, 0.2) is 0 Å². The summed E-state index contributed by atoms with van der Waals surface area (Å²) >= 11 is 0. The van der Waals surface area contributed by atoms with Crippen LogP contribution in [0.15, 0.2) is 0 Å². The Hall–Kier alpha value is -0.160. The number of nitrogens with one attached hydrogen (secondary N) is 1. The molecule has 118 valence electrons. The number of methoxy groups -OCH3 is 1. The Morgan fingerprint density at radius 2 is 1.90 bits per heavy atom. The number of nitrogens with zero attached hydrogens (tertiary/aromatic N) is 1. The number of hydrogen-bond acceptors (Lipinski definition) is 4. The van der Waals surface area contributed by atoms with Crippen LogP contribution < -0.4 is 5.32 Å². The second-order valence-corrected chi connectivity index (χ2v) is 7.06. The molecule has 0 amide bonds. The summed E-state index contributed by atoms with van der Waals surface area (Å²) in [5.74, 6) is 1.38. The molecule has 0 aromatic heterocycles. The monoisotopic (exact) mass is 284 g/mol. The van der Waals surface area contributed by atoms with Gasteiger partial charge in [0.2, 0.25) is 0 Å². The lowest BCUT2D eigenvalue weighted by Crippen LogP contribution is -2.60. The Kier molecular flexibility index (Phi) is 5.84. The van der Waals surface area contributed by atoms with Gasteiger partial charge in [-0.05, 0) is 50.6 Å². The van der Waals surface area contributed by atoms with E-state index in [1.807, 2.05) is 0 Å². The van der Waals surface area contributed by atoms with Crippen molar-refractivity contribution in [1.29, 1.82) is 0 Å². The number of rotatable bonds is 8. The first-order valence-electron chi connectivity index (χ1n) is 8.19. The number of likely N-dealkylation sites (tertiary alicyclic amines) is 1. The summed E-state index contributed by atoms with van der Waals surface area (Å²) in [5, 5.41) is 13.7. The van der Waals surface area contributed by atoms with Crippen LogP contribution in [0.1, 0.15) is 39.5 Å². The molecule has 1 unspecified atom stereocenters. The van der Waals surface area contributed by atoms with E-state index in [0.29, 0.717) is 12.0 Å². The molecule has 0 aromatic rings. The zero-order valence-electron chi connectivity index (χ0n) is 13.4. The van der Waals surface area contributed by atoms with Crippen LogP contribution >= 0.6 is 0 Å². The molecule has 0 radical (unpaired) electrons. The number of ether oxygens (including phenoxy) is 1. The largest absolute Gasteiger partial charge is 0.394 e. The van der Waals surface area contributed by atoms with Gasteiger partial charge in [0.25, 0.3) is 0 Å². The zero-order valence-corrected chi connectivity index (χ0v) is 13.4. The number of aliphatic hydroxyl groups excluding tert-OH is 1. The molecule has 4 nitrogen and oxygen atoms in total. The first kappa shape index (κ1) is 16.2. The summed E-state index contributed by atoms with van der Waals surface area (Å²) in [6.45, 7) is 8.78. The van der Waals surface area contributed by atoms with E-state index in [2.05, 4.69) is 24.1 Å². The van der Waals surface area contributed by atoms with E-state index in [-0.39, 0.29) is 12.1 Å². The van der Waals surface area contributed by atoms with Gasteiger partial charge < -0.3 is 20.1 Å². The Morgan fingerprint density at radius 1 is 1.25 bits per heavy atom. The molecule has 1 aliphatic carbocycles. The second-order valence-electron chi connectivity index (χ2n) is 7.06. The molecule has 0 spiro atoms. The third-order valence-electron chi connectivity index (χ3n) is 4.83. The van der Waals surface area contributed by atoms with Gasteiger partial charge in [0, 0.05) is 26.3 Å². The molecular formula is C16H32N2O2. The molecular weight excluding hydrogens is 252 g/mol. The summed E-state index contributed by atoms with van der Waals surface area (Å²) in [6.07, 6.45) is 4.98. The van der Waals surface area contributed by atoms with Gasteiger partial charge in [-0.25, -0.2) is 0 Å². The molecule has 4 heteroatoms. The Labute approximate surface area is 123 Å². The van der Waals surface area contributed by atoms with Gasteiger partial charge in [0.1, 0.15) is 0 Å². The Balaban J connectivity index is 1.88. The average molecular weight is 284 g/mol. The summed E-state index contributed by atoms with van der Waals surface area (Å²) in [5.41, 5.74) is -0.0811. The van der Waals surface area contributed by atoms with Gasteiger partial charge in [-0.3, -0.25) is 0 Å². The molecule has 0 aromatic carbocycles. The molecule has 20 heavy (non-hydrogen) atoms. The molecule has 0 bridgehead atoms. The molecule has 1 saturated heterocycles. The number of aliphatic hydroxyl groups is 1. The van der Waals surface area contributed by atoms with Gasteiger partial charge in [-0.1, -0.05) is 13.8 Å². The minimum absolute atomic E-state index is 0.0811. The van der Waals surface area contributed by atoms with E-state index >= 15 is 0 Å². The number of hydrogen-bond donors (Lipinski definition) is 2. The second kappa shape index (κ2) is 7.21. The highest BCUT2D eigenvalue weighted by Crippen LogP contribution is 2.40. The maximum absolute atomic E-state index is 9.99. The fourth-order valence-electron chi connectivity index (χ4n) is 3.67. The van der Waals surface area contributed by atoms with Crippen molar-refractivity contribution >= 4 is 0 Å². The molecule has 2 rings (SSSR count). The fraction of sp³-hybridized carbons (Fsp3) is 1.00. The van der Waals surface area contributed by atoms with Crippen molar-refractivity contribution in [2.75, 3.05) is 40.0 Å². The van der Waals surface area contributed by atoms with Crippen LogP contribution in [-0.2, 0) is 4.74 Å². The predicted octanol–water partition coefficient (Wildman–Crippen LogP) is 1.48. The number of piperidine rings is 1. The highest BCUT2D eigenvalue weighted by molar-refractivity contribution is 5.03. The molecule has 2 N–H and O–H groups in total. The lowest BCUT2D eigenvalue weighted by Gasteiger charge is -2.42. The molecule has 1 aliphatic heterocycles. The maximum atomic E-state index is 9.99. The predicted molar refractivity (Wildman–Crippen MR) is 81.9 cm³/mol. The van der Waals surface area contributed by atoms with Gasteiger partial charge >= 0.3 is 0 Å². The van der Waals surface area contributed by atoms with Gasteiger partial charge in [-0.2, -0.15) is 0 Å². The normalized spacial score (nSPS) is 25.1. The molecule has 1 atom stereocenters. The Bertz CT molecular complexity index is 286. The van der Waals surface area contributed by atoms with Crippen molar-refractivity contribution in [3.63, 3.8) is 0 Å². The SMILES string of the molecule is COCC1CCN(CC(CO)(NC(C)C)C2CC2)CC1. The van der Waals surface area contributed by atoms with E-state index in [0.717, 1.165) is 32.2 Å². The van der Waals surface area contributed by atoms with Crippen LogP contribution in [-0.4, -0.2) is 61.5 Å². The topological polar surface area (TPSA) is 44.7 Å². The first-order valence-corrected chi connectivity index (χ1v) is 8.19. The maximum Gasteiger partial charge on any atom is 0.0628 e. The van der Waals surface area contributed by atoms with Crippen molar-refractivity contribution in [2.24, 2.45) is 11.8 Å². The van der Waals surface area contributed by atoms with Crippen LogP contribution in [0.2, 0.25) is 0 Å². The van der Waals surface area contributed by atoms with E-state index in [1.165, 1.54) is 25.7 Å². The van der Waals surface area contributed by atoms with E-state index in [4.69, 9.17) is 4.74 Å². The molecule has 2 fully saturated rings. The van der Waals surface area contributed by atoms with E-state index in [1.54, 1.807) is 7.11 Å². The average Bonchev–Trinajstić information content (AvgIpc) is 3.24. The third kappa shape index (κ3) is 4.17. The zero-order chi connectivity index (χ0) is 14.6. The smallest absolute Gasteiger partial charge is 0.0628 e. The van der Waals surface area contributed by atoms with Crippen molar-refractivity contribution in [2.45, 2.75) is 51.1 Å². The highest BCUT2D eigenvalue weighted by atomic mass is 16.5. The standard InChI is InChI=1S/C16H32N2O2/c1-13(2)17-16(12-19,15-4-5-15)11-18-8-6-14(7-9-18)10-20-3/h13-15,17,19H,4-12H2,1-3H3. The van der Waals surface area contributed by atoms with Crippen LogP contribution in [0, 0.1) is 11.8 Å². The van der Waals surface area contributed by atoms with Crippen molar-refractivity contribution in [1.82, 2.24) is 10.2 Å². The summed E-state index contributed by atoms with van der Waals surface area (Å²) < 4.78 is 5.27. The molecule has 2 aliphatic rings. The van der Waals surface area contributed by atoms with E-state index in [9.17, 15) is 5.11 Å². The molecule has 1 saturated carbocycles. The molecule has 1 heterocycles. The third-order valence-corrected chi connectivity index (χ3v) is 4.83. The van der Waals surface area contributed by atoms with Crippen molar-refractivity contribution < 1.29 is 9.84 Å². The lowest BCUT2D eigenvalue weighted by atomic mass is 9.90. The van der Waals surface area contributed by atoms with Crippen LogP contribution in [0.25, 0.3) is 0 Å². The van der Waals surface area contributed by atoms with Crippen LogP contribution in [0.4, 0.5) is 0 Å². The van der Waals surface area contributed by atoms with Crippen LogP contribution in [0.5, 0.6) is 0 Å². The fourth-order valence-corrected chi connectivity index (χ4v) is 3.67. The highest BCUT2D eigenvalue weighted by Gasteiger charge is 2.46. The minimum Gasteiger partial charge on any atom is -0.394 e. The first-order chi connectivity index (χ1) is 9.59. The van der Waals surface area contributed by atoms with Gasteiger partial charge in [0.05, 0.1) is 12.1 Å².